The molecule has 1 atom stereocenters. The predicted molar refractivity (Wildman–Crippen MR) is 134 cm³/mol. The van der Waals surface area contributed by atoms with Gasteiger partial charge in [0.05, 0.1) is 12.1 Å². The molecule has 0 saturated carbocycles. The normalized spacial score (nSPS) is 14.5. The minimum absolute atomic E-state index is 0.0768. The highest BCUT2D eigenvalue weighted by Gasteiger charge is 2.27. The fourth-order valence-electron chi connectivity index (χ4n) is 3.82. The lowest BCUT2D eigenvalue weighted by molar-refractivity contribution is 0.0754. The van der Waals surface area contributed by atoms with Gasteiger partial charge in [-0.05, 0) is 42.7 Å². The lowest BCUT2D eigenvalue weighted by Crippen LogP contribution is -2.33. The molecule has 0 bridgehead atoms. The van der Waals surface area contributed by atoms with Crippen LogP contribution in [0.15, 0.2) is 41.9 Å². The maximum absolute atomic E-state index is 13.2. The van der Waals surface area contributed by atoms with Gasteiger partial charge < -0.3 is 24.6 Å². The Hall–Kier alpha value is -2.88. The molecule has 3 heterocycles. The van der Waals surface area contributed by atoms with E-state index in [4.69, 9.17) is 21.1 Å². The molecule has 1 amide bonds. The number of nitrogens with zero attached hydrogens (tertiary/aromatic N) is 4. The third kappa shape index (κ3) is 5.43. The predicted octanol–water partition coefficient (Wildman–Crippen LogP) is 4.02. The minimum atomic E-state index is -0.122. The zero-order valence-corrected chi connectivity index (χ0v) is 21.0. The van der Waals surface area contributed by atoms with E-state index in [0.29, 0.717) is 41.8 Å². The third-order valence-electron chi connectivity index (χ3n) is 5.67. The largest absolute Gasteiger partial charge is 0.483 e. The van der Waals surface area contributed by atoms with Gasteiger partial charge in [0, 0.05) is 44.2 Å². The summed E-state index contributed by atoms with van der Waals surface area (Å²) in [7, 11) is 5.34. The molecule has 1 aromatic carbocycles. The molecule has 0 aliphatic carbocycles. The second-order valence-corrected chi connectivity index (χ2v) is 9.41. The van der Waals surface area contributed by atoms with Gasteiger partial charge in [0.15, 0.2) is 0 Å². The summed E-state index contributed by atoms with van der Waals surface area (Å²) in [4.78, 5) is 26.6. The Morgan fingerprint density at radius 1 is 1.29 bits per heavy atom. The summed E-state index contributed by atoms with van der Waals surface area (Å²) in [6.45, 7) is 2.45. The van der Waals surface area contributed by atoms with Crippen molar-refractivity contribution in [2.24, 2.45) is 0 Å². The van der Waals surface area contributed by atoms with Gasteiger partial charge in [0.1, 0.15) is 23.2 Å². The number of halogens is 1. The Labute approximate surface area is 208 Å². The molecule has 1 aliphatic heterocycles. The van der Waals surface area contributed by atoms with Gasteiger partial charge in [-0.25, -0.2) is 4.98 Å². The Morgan fingerprint density at radius 2 is 2.15 bits per heavy atom. The number of nitrogens with one attached hydrogen (secondary N) is 1. The second-order valence-electron chi connectivity index (χ2n) is 8.02. The second kappa shape index (κ2) is 11.0. The van der Waals surface area contributed by atoms with Crippen molar-refractivity contribution in [3.8, 4) is 11.8 Å². The Kier molecular flexibility index (Phi) is 7.87. The summed E-state index contributed by atoms with van der Waals surface area (Å²) >= 11 is 8.28. The SMILES string of the molecule is CNCCC(Oc1ccc(CN2CCN(C)c3nc(OC)ncc3C2=O)cc1Cl)c1cccs1. The number of aromatic nitrogens is 2. The van der Waals surface area contributed by atoms with E-state index in [2.05, 4.69) is 21.4 Å². The van der Waals surface area contributed by atoms with Crippen LogP contribution in [0.3, 0.4) is 0 Å². The molecule has 0 saturated heterocycles. The van der Waals surface area contributed by atoms with Crippen molar-refractivity contribution in [1.29, 1.82) is 0 Å². The van der Waals surface area contributed by atoms with Crippen LogP contribution in [0.25, 0.3) is 0 Å². The van der Waals surface area contributed by atoms with E-state index < -0.39 is 0 Å². The summed E-state index contributed by atoms with van der Waals surface area (Å²) in [6, 6.07) is 10.0. The van der Waals surface area contributed by atoms with Crippen molar-refractivity contribution < 1.29 is 14.3 Å². The van der Waals surface area contributed by atoms with E-state index in [-0.39, 0.29) is 18.0 Å². The number of hydrogen-bond donors (Lipinski definition) is 1. The number of anilines is 1. The standard InChI is InChI=1S/C24H28ClN5O3S/c1-26-9-8-20(21-5-4-12-34-21)33-19-7-6-16(13-18(19)25)15-30-11-10-29(2)22-17(23(30)31)14-27-24(28-22)32-3/h4-7,12-14,20,26H,8-11,15H2,1-3H3. The van der Waals surface area contributed by atoms with Gasteiger partial charge >= 0.3 is 6.01 Å². The highest BCUT2D eigenvalue weighted by molar-refractivity contribution is 7.10. The van der Waals surface area contributed by atoms with Crippen LogP contribution in [-0.2, 0) is 6.54 Å². The van der Waals surface area contributed by atoms with E-state index in [1.807, 2.05) is 48.6 Å². The number of thiophene rings is 1. The van der Waals surface area contributed by atoms with Crippen molar-refractivity contribution in [2.45, 2.75) is 19.1 Å². The molecule has 0 radical (unpaired) electrons. The molecule has 180 valence electrons. The molecule has 1 unspecified atom stereocenters. The first-order valence-corrected chi connectivity index (χ1v) is 12.3. The average molecular weight is 502 g/mol. The van der Waals surface area contributed by atoms with Crippen LogP contribution in [0.1, 0.15) is 33.3 Å². The third-order valence-corrected chi connectivity index (χ3v) is 6.93. The molecular weight excluding hydrogens is 474 g/mol. The van der Waals surface area contributed by atoms with Crippen molar-refractivity contribution in [3.05, 3.63) is 62.9 Å². The van der Waals surface area contributed by atoms with Crippen molar-refractivity contribution in [1.82, 2.24) is 20.2 Å². The number of likely N-dealkylation sites (N-methyl/N-ethyl adjacent to an activating group) is 1. The molecule has 8 nitrogen and oxygen atoms in total. The Morgan fingerprint density at radius 3 is 2.85 bits per heavy atom. The highest BCUT2D eigenvalue weighted by Crippen LogP contribution is 2.33. The fraction of sp³-hybridized carbons (Fsp3) is 0.375. The monoisotopic (exact) mass is 501 g/mol. The zero-order valence-electron chi connectivity index (χ0n) is 19.5. The molecular formula is C24H28ClN5O3S. The van der Waals surface area contributed by atoms with Crippen molar-refractivity contribution in [2.75, 3.05) is 45.7 Å². The topological polar surface area (TPSA) is 79.8 Å². The fourth-order valence-corrected chi connectivity index (χ4v) is 4.85. The molecule has 0 spiro atoms. The molecule has 10 heteroatoms. The summed E-state index contributed by atoms with van der Waals surface area (Å²) in [5.74, 6) is 1.08. The molecule has 2 aromatic heterocycles. The maximum Gasteiger partial charge on any atom is 0.318 e. The summed E-state index contributed by atoms with van der Waals surface area (Å²) in [6.07, 6.45) is 2.28. The number of methoxy groups -OCH3 is 1. The first-order valence-electron chi connectivity index (χ1n) is 11.0. The molecule has 1 N–H and O–H groups in total. The minimum Gasteiger partial charge on any atom is -0.483 e. The van der Waals surface area contributed by atoms with Gasteiger partial charge in [-0.3, -0.25) is 4.79 Å². The Bertz CT molecular complexity index is 1130. The molecule has 4 rings (SSSR count). The number of fused-ring (bicyclic) bond motifs is 1. The Balaban J connectivity index is 1.50. The lowest BCUT2D eigenvalue weighted by Gasteiger charge is -2.22. The van der Waals surface area contributed by atoms with Gasteiger partial charge in [-0.1, -0.05) is 23.7 Å². The smallest absolute Gasteiger partial charge is 0.318 e. The zero-order chi connectivity index (χ0) is 24.1. The first kappa shape index (κ1) is 24.3. The van der Waals surface area contributed by atoms with Crippen LogP contribution in [-0.4, -0.2) is 61.6 Å². The molecule has 0 fully saturated rings. The number of amides is 1. The average Bonchev–Trinajstić information content (AvgIpc) is 3.36. The van der Waals surface area contributed by atoms with Crippen molar-refractivity contribution in [3.63, 3.8) is 0 Å². The number of carbonyl (C=O) groups excluding carboxylic acids is 1. The van der Waals surface area contributed by atoms with Crippen LogP contribution in [0.2, 0.25) is 5.02 Å². The molecule has 3 aromatic rings. The van der Waals surface area contributed by atoms with Crippen LogP contribution < -0.4 is 19.7 Å². The summed E-state index contributed by atoms with van der Waals surface area (Å²) in [5.41, 5.74) is 1.38. The highest BCUT2D eigenvalue weighted by atomic mass is 35.5. The number of rotatable bonds is 9. The van der Waals surface area contributed by atoms with E-state index in [9.17, 15) is 4.79 Å². The van der Waals surface area contributed by atoms with E-state index >= 15 is 0 Å². The quantitative estimate of drug-likeness (QED) is 0.474. The van der Waals surface area contributed by atoms with Crippen LogP contribution in [0.4, 0.5) is 5.82 Å². The van der Waals surface area contributed by atoms with Gasteiger partial charge in [-0.2, -0.15) is 4.98 Å². The van der Waals surface area contributed by atoms with Gasteiger partial charge in [0.2, 0.25) is 0 Å². The van der Waals surface area contributed by atoms with Gasteiger partial charge in [0.25, 0.3) is 5.91 Å². The first-order chi connectivity index (χ1) is 16.5. The van der Waals surface area contributed by atoms with Gasteiger partial charge in [-0.15, -0.1) is 11.3 Å². The van der Waals surface area contributed by atoms with Crippen molar-refractivity contribution >= 4 is 34.7 Å². The maximum atomic E-state index is 13.2. The van der Waals surface area contributed by atoms with E-state index in [0.717, 1.165) is 23.4 Å². The number of ether oxygens (including phenoxy) is 2. The van der Waals surface area contributed by atoms with Crippen LogP contribution in [0.5, 0.6) is 11.8 Å². The van der Waals surface area contributed by atoms with Crippen LogP contribution >= 0.6 is 22.9 Å². The summed E-state index contributed by atoms with van der Waals surface area (Å²) < 4.78 is 11.4. The number of carbonyl (C=O) groups is 1. The number of benzene rings is 1. The number of hydrogen-bond acceptors (Lipinski definition) is 8. The van der Waals surface area contributed by atoms with Crippen LogP contribution in [0, 0.1) is 0 Å². The van der Waals surface area contributed by atoms with E-state index in [1.54, 1.807) is 16.2 Å². The molecule has 1 aliphatic rings. The van der Waals surface area contributed by atoms with E-state index in [1.165, 1.54) is 13.3 Å². The summed E-state index contributed by atoms with van der Waals surface area (Å²) in [5, 5.41) is 5.75. The lowest BCUT2D eigenvalue weighted by atomic mass is 10.1. The molecule has 34 heavy (non-hydrogen) atoms.